The van der Waals surface area contributed by atoms with Gasteiger partial charge in [0.25, 0.3) is 0 Å². The minimum atomic E-state index is -0.638. The lowest BCUT2D eigenvalue weighted by Gasteiger charge is -2.31. The fourth-order valence-electron chi connectivity index (χ4n) is 1.22. The van der Waals surface area contributed by atoms with Crippen molar-refractivity contribution >= 4 is 15.9 Å². The summed E-state index contributed by atoms with van der Waals surface area (Å²) in [7, 11) is 3.28. The van der Waals surface area contributed by atoms with Crippen LogP contribution in [0.25, 0.3) is 0 Å². The maximum absolute atomic E-state index is 5.33. The van der Waals surface area contributed by atoms with Crippen molar-refractivity contribution in [2.45, 2.75) is 17.5 Å². The van der Waals surface area contributed by atoms with Crippen molar-refractivity contribution in [1.29, 1.82) is 0 Å². The molecule has 0 heterocycles. The molecule has 0 saturated heterocycles. The Morgan fingerprint density at radius 1 is 1.14 bits per heavy atom. The number of halogens is 1. The Kier molecular flexibility index (Phi) is 4.11. The van der Waals surface area contributed by atoms with Crippen LogP contribution in [0.1, 0.15) is 17.3 Å². The topological polar surface area (TPSA) is 18.5 Å². The summed E-state index contributed by atoms with van der Waals surface area (Å²) >= 11 is 3.58. The molecule has 2 nitrogen and oxygen atoms in total. The summed E-state index contributed by atoms with van der Waals surface area (Å²) in [6.07, 6.45) is 0. The Bertz CT molecular complexity index is 270. The van der Waals surface area contributed by atoms with Crippen LogP contribution in [0.3, 0.4) is 0 Å². The summed E-state index contributed by atoms with van der Waals surface area (Å²) < 4.78 is 10.7. The van der Waals surface area contributed by atoms with E-state index in [2.05, 4.69) is 15.9 Å². The second-order valence-electron chi connectivity index (χ2n) is 3.20. The van der Waals surface area contributed by atoms with Crippen LogP contribution in [-0.2, 0) is 9.47 Å². The molecule has 1 rings (SSSR count). The first-order chi connectivity index (χ1) is 6.64. The van der Waals surface area contributed by atoms with Gasteiger partial charge < -0.3 is 9.47 Å². The van der Waals surface area contributed by atoms with Gasteiger partial charge in [0.2, 0.25) is 0 Å². The van der Waals surface area contributed by atoms with Crippen molar-refractivity contribution in [3.8, 4) is 0 Å². The molecule has 1 atom stereocenters. The van der Waals surface area contributed by atoms with Crippen molar-refractivity contribution < 1.29 is 9.47 Å². The summed E-state index contributed by atoms with van der Waals surface area (Å²) in [5, 5.41) is 0. The molecule has 0 aliphatic rings. The summed E-state index contributed by atoms with van der Waals surface area (Å²) in [6.45, 7) is 1.90. The van der Waals surface area contributed by atoms with E-state index in [0.717, 1.165) is 5.56 Å². The third kappa shape index (κ3) is 2.35. The zero-order valence-electron chi connectivity index (χ0n) is 8.66. The van der Waals surface area contributed by atoms with Gasteiger partial charge in [-0.2, -0.15) is 0 Å². The fraction of sp³-hybridized carbons (Fsp3) is 0.455. The van der Waals surface area contributed by atoms with Gasteiger partial charge in [-0.3, -0.25) is 0 Å². The number of hydrogen-bond acceptors (Lipinski definition) is 2. The van der Waals surface area contributed by atoms with E-state index in [-0.39, 0.29) is 4.83 Å². The minimum Gasteiger partial charge on any atom is -0.352 e. The Morgan fingerprint density at radius 3 is 2.07 bits per heavy atom. The average molecular weight is 259 g/mol. The molecule has 1 aromatic carbocycles. The molecule has 0 fully saturated rings. The zero-order valence-corrected chi connectivity index (χ0v) is 10.2. The first-order valence-electron chi connectivity index (χ1n) is 4.43. The number of ether oxygens (including phenoxy) is 2. The van der Waals surface area contributed by atoms with Crippen LogP contribution in [0.5, 0.6) is 0 Å². The minimum absolute atomic E-state index is 0.0196. The zero-order chi connectivity index (χ0) is 10.6. The van der Waals surface area contributed by atoms with Gasteiger partial charge in [0.05, 0.1) is 4.83 Å². The molecular weight excluding hydrogens is 244 g/mol. The van der Waals surface area contributed by atoms with Crippen LogP contribution < -0.4 is 0 Å². The van der Waals surface area contributed by atoms with E-state index in [0.29, 0.717) is 0 Å². The van der Waals surface area contributed by atoms with Gasteiger partial charge in [-0.25, -0.2) is 0 Å². The maximum atomic E-state index is 5.33. The number of rotatable bonds is 4. The molecular formula is C11H15BrO2. The molecule has 0 aromatic heterocycles. The van der Waals surface area contributed by atoms with Gasteiger partial charge in [-0.15, -0.1) is 0 Å². The molecule has 1 aromatic rings. The quantitative estimate of drug-likeness (QED) is 0.611. The predicted molar refractivity (Wildman–Crippen MR) is 60.5 cm³/mol. The molecule has 0 radical (unpaired) electrons. The maximum Gasteiger partial charge on any atom is 0.181 e. The number of benzene rings is 1. The first-order valence-corrected chi connectivity index (χ1v) is 5.35. The molecule has 0 saturated carbocycles. The smallest absolute Gasteiger partial charge is 0.181 e. The predicted octanol–water partition coefficient (Wildman–Crippen LogP) is 3.13. The Hall–Kier alpha value is -0.380. The highest BCUT2D eigenvalue weighted by atomic mass is 79.9. The van der Waals surface area contributed by atoms with Gasteiger partial charge in [0.1, 0.15) is 0 Å². The largest absolute Gasteiger partial charge is 0.352 e. The second-order valence-corrected chi connectivity index (χ2v) is 4.11. The monoisotopic (exact) mass is 258 g/mol. The lowest BCUT2D eigenvalue weighted by molar-refractivity contribution is -0.192. The average Bonchev–Trinajstić information content (AvgIpc) is 2.28. The third-order valence-corrected chi connectivity index (χ3v) is 3.72. The van der Waals surface area contributed by atoms with Crippen LogP contribution >= 0.6 is 15.9 Å². The highest BCUT2D eigenvalue weighted by Crippen LogP contribution is 2.36. The van der Waals surface area contributed by atoms with Crippen LogP contribution in [0, 0.1) is 0 Å². The molecule has 1 unspecified atom stereocenters. The van der Waals surface area contributed by atoms with Crippen molar-refractivity contribution in [2.24, 2.45) is 0 Å². The molecule has 0 aliphatic heterocycles. The Labute approximate surface area is 93.4 Å². The molecule has 3 heteroatoms. The van der Waals surface area contributed by atoms with Gasteiger partial charge in [-0.1, -0.05) is 46.3 Å². The molecule has 0 N–H and O–H groups in total. The van der Waals surface area contributed by atoms with E-state index in [1.165, 1.54) is 0 Å². The van der Waals surface area contributed by atoms with Crippen molar-refractivity contribution in [3.63, 3.8) is 0 Å². The standard InChI is InChI=1S/C11H15BrO2/c1-11(13-2,14-3)10(12)9-7-5-4-6-8-9/h4-8,10H,1-3H3. The van der Waals surface area contributed by atoms with E-state index < -0.39 is 5.79 Å². The van der Waals surface area contributed by atoms with Crippen molar-refractivity contribution in [3.05, 3.63) is 35.9 Å². The first kappa shape index (κ1) is 11.7. The summed E-state index contributed by atoms with van der Waals surface area (Å²) in [4.78, 5) is 0.0196. The number of alkyl halides is 1. The summed E-state index contributed by atoms with van der Waals surface area (Å²) in [5.74, 6) is -0.638. The van der Waals surface area contributed by atoms with E-state index in [1.54, 1.807) is 14.2 Å². The van der Waals surface area contributed by atoms with Crippen molar-refractivity contribution in [2.75, 3.05) is 14.2 Å². The Balaban J connectivity index is 2.89. The van der Waals surface area contributed by atoms with Crippen LogP contribution in [0.4, 0.5) is 0 Å². The molecule has 0 spiro atoms. The number of hydrogen-bond donors (Lipinski definition) is 0. The lowest BCUT2D eigenvalue weighted by Crippen LogP contribution is -2.34. The normalized spacial score (nSPS) is 14.0. The highest BCUT2D eigenvalue weighted by Gasteiger charge is 2.33. The van der Waals surface area contributed by atoms with Crippen LogP contribution in [-0.4, -0.2) is 20.0 Å². The van der Waals surface area contributed by atoms with Gasteiger partial charge in [0.15, 0.2) is 5.79 Å². The summed E-state index contributed by atoms with van der Waals surface area (Å²) in [5.41, 5.74) is 1.14. The van der Waals surface area contributed by atoms with Crippen LogP contribution in [0.2, 0.25) is 0 Å². The van der Waals surface area contributed by atoms with E-state index in [9.17, 15) is 0 Å². The second kappa shape index (κ2) is 4.91. The lowest BCUT2D eigenvalue weighted by atomic mass is 10.1. The molecule has 0 aliphatic carbocycles. The number of methoxy groups -OCH3 is 2. The van der Waals surface area contributed by atoms with Crippen molar-refractivity contribution in [1.82, 2.24) is 0 Å². The summed E-state index contributed by atoms with van der Waals surface area (Å²) in [6, 6.07) is 10.1. The van der Waals surface area contributed by atoms with Crippen LogP contribution in [0.15, 0.2) is 30.3 Å². The van der Waals surface area contributed by atoms with E-state index >= 15 is 0 Å². The van der Waals surface area contributed by atoms with Gasteiger partial charge in [0, 0.05) is 14.2 Å². The molecule has 0 amide bonds. The molecule has 0 bridgehead atoms. The highest BCUT2D eigenvalue weighted by molar-refractivity contribution is 9.09. The molecule has 14 heavy (non-hydrogen) atoms. The van der Waals surface area contributed by atoms with Gasteiger partial charge >= 0.3 is 0 Å². The van der Waals surface area contributed by atoms with E-state index in [4.69, 9.17) is 9.47 Å². The SMILES string of the molecule is COC(C)(OC)C(Br)c1ccccc1. The van der Waals surface area contributed by atoms with E-state index in [1.807, 2.05) is 37.3 Å². The van der Waals surface area contributed by atoms with Gasteiger partial charge in [-0.05, 0) is 12.5 Å². The fourth-order valence-corrected chi connectivity index (χ4v) is 1.89. The third-order valence-electron chi connectivity index (χ3n) is 2.36. The Morgan fingerprint density at radius 2 is 1.64 bits per heavy atom. The molecule has 78 valence electrons.